The van der Waals surface area contributed by atoms with Gasteiger partial charge in [-0.2, -0.15) is 4.72 Å². The SMILES string of the molecule is C[C@@H]1CNc2c(cccc2S(=O)(=O)N[C@@H](CCCN=CNN)C(=O)N2CC[C@@H](C)C[C@@H]2C(=O)O)C1. The van der Waals surface area contributed by atoms with Gasteiger partial charge in [0.15, 0.2) is 0 Å². The number of benzene rings is 1. The first-order chi connectivity index (χ1) is 16.6. The van der Waals surface area contributed by atoms with Crippen molar-refractivity contribution in [3.8, 4) is 0 Å². The molecule has 2 aliphatic rings. The van der Waals surface area contributed by atoms with Gasteiger partial charge in [0.05, 0.1) is 12.0 Å². The second-order valence-electron chi connectivity index (χ2n) is 9.51. The molecular weight excluding hydrogens is 472 g/mol. The highest BCUT2D eigenvalue weighted by Gasteiger charge is 2.39. The number of nitrogens with two attached hydrogens (primary N) is 1. The predicted molar refractivity (Wildman–Crippen MR) is 133 cm³/mol. The topological polar surface area (TPSA) is 166 Å². The van der Waals surface area contributed by atoms with Crippen molar-refractivity contribution in [1.29, 1.82) is 0 Å². The first-order valence-corrected chi connectivity index (χ1v) is 13.5. The molecule has 1 aromatic rings. The molecule has 0 aromatic heterocycles. The maximum Gasteiger partial charge on any atom is 0.326 e. The van der Waals surface area contributed by atoms with E-state index >= 15 is 0 Å². The van der Waals surface area contributed by atoms with Gasteiger partial charge in [-0.05, 0) is 55.6 Å². The number of nitrogens with one attached hydrogen (secondary N) is 3. The lowest BCUT2D eigenvalue weighted by Gasteiger charge is -2.38. The second kappa shape index (κ2) is 11.8. The molecular formula is C23H36N6O5S. The average molecular weight is 509 g/mol. The third kappa shape index (κ3) is 6.71. The normalized spacial score (nSPS) is 23.4. The summed E-state index contributed by atoms with van der Waals surface area (Å²) in [6, 6.07) is 3.02. The summed E-state index contributed by atoms with van der Waals surface area (Å²) >= 11 is 0. The number of para-hydroxylation sites is 1. The van der Waals surface area contributed by atoms with E-state index in [-0.39, 0.29) is 23.8 Å². The van der Waals surface area contributed by atoms with Crippen molar-refractivity contribution < 1.29 is 23.1 Å². The molecule has 3 rings (SSSR count). The molecule has 0 aliphatic carbocycles. The lowest BCUT2D eigenvalue weighted by molar-refractivity contribution is -0.153. The van der Waals surface area contributed by atoms with E-state index in [1.165, 1.54) is 17.3 Å². The largest absolute Gasteiger partial charge is 0.480 e. The zero-order chi connectivity index (χ0) is 25.6. The molecule has 4 atom stereocenters. The van der Waals surface area contributed by atoms with Crippen molar-refractivity contribution in [3.05, 3.63) is 23.8 Å². The van der Waals surface area contributed by atoms with E-state index in [4.69, 9.17) is 5.84 Å². The van der Waals surface area contributed by atoms with Gasteiger partial charge < -0.3 is 20.7 Å². The Hall–Kier alpha value is -2.70. The van der Waals surface area contributed by atoms with Crippen molar-refractivity contribution in [1.82, 2.24) is 15.0 Å². The number of hydrogen-bond donors (Lipinski definition) is 5. The zero-order valence-corrected chi connectivity index (χ0v) is 21.1. The van der Waals surface area contributed by atoms with Crippen LogP contribution in [0.4, 0.5) is 5.69 Å². The third-order valence-corrected chi connectivity index (χ3v) is 8.09. The van der Waals surface area contributed by atoms with E-state index in [9.17, 15) is 23.1 Å². The number of sulfonamides is 1. The zero-order valence-electron chi connectivity index (χ0n) is 20.2. The molecule has 35 heavy (non-hydrogen) atoms. The molecule has 1 saturated heterocycles. The lowest BCUT2D eigenvalue weighted by Crippen LogP contribution is -2.56. The number of aliphatic carboxylic acids is 1. The monoisotopic (exact) mass is 508 g/mol. The fraction of sp³-hybridized carbons (Fsp3) is 0.609. The van der Waals surface area contributed by atoms with E-state index < -0.39 is 34.0 Å². The standard InChI is InChI=1S/C23H36N6O5S/c1-15-8-10-29(19(12-15)23(31)32)22(30)18(6-4-9-25-14-27-24)28-35(33,34)20-7-3-5-17-11-16(2)13-26-21(17)20/h3,5,7,14-16,18-19,26,28H,4,6,8-13,24H2,1-2H3,(H,25,27)(H,31,32)/t15-,16+,18+,19-/m1/s1. The Bertz CT molecular complexity index is 1050. The number of anilines is 1. The number of carbonyl (C=O) groups is 2. The van der Waals surface area contributed by atoms with Gasteiger partial charge in [-0.1, -0.05) is 26.0 Å². The van der Waals surface area contributed by atoms with Crippen molar-refractivity contribution in [2.45, 2.75) is 62.9 Å². The number of piperidine rings is 1. The minimum atomic E-state index is -4.08. The van der Waals surface area contributed by atoms with E-state index in [1.807, 2.05) is 13.0 Å². The predicted octanol–water partition coefficient (Wildman–Crippen LogP) is 0.921. The molecule has 0 saturated carbocycles. The number of carboxylic acids is 1. The van der Waals surface area contributed by atoms with Crippen LogP contribution in [0.5, 0.6) is 0 Å². The number of carboxylic acid groups (broad SMARTS) is 1. The van der Waals surface area contributed by atoms with Gasteiger partial charge in [0.1, 0.15) is 17.0 Å². The fourth-order valence-electron chi connectivity index (χ4n) is 4.72. The molecule has 6 N–H and O–H groups in total. The summed E-state index contributed by atoms with van der Waals surface area (Å²) in [5, 5.41) is 12.9. The van der Waals surface area contributed by atoms with E-state index in [0.717, 1.165) is 12.0 Å². The Balaban J connectivity index is 1.87. The van der Waals surface area contributed by atoms with Crippen molar-refractivity contribution in [2.75, 3.05) is 25.0 Å². The molecule has 12 heteroatoms. The highest BCUT2D eigenvalue weighted by molar-refractivity contribution is 7.89. The molecule has 1 aromatic carbocycles. The average Bonchev–Trinajstić information content (AvgIpc) is 2.82. The molecule has 11 nitrogen and oxygen atoms in total. The smallest absolute Gasteiger partial charge is 0.326 e. The lowest BCUT2D eigenvalue weighted by atomic mass is 9.91. The number of amides is 1. The van der Waals surface area contributed by atoms with Crippen LogP contribution in [0.15, 0.2) is 28.1 Å². The van der Waals surface area contributed by atoms with Crippen molar-refractivity contribution in [2.24, 2.45) is 22.7 Å². The van der Waals surface area contributed by atoms with E-state index in [2.05, 4.69) is 27.4 Å². The molecule has 2 aliphatic heterocycles. The summed E-state index contributed by atoms with van der Waals surface area (Å²) < 4.78 is 29.6. The maximum absolute atomic E-state index is 13.5. The van der Waals surface area contributed by atoms with Gasteiger partial charge in [-0.25, -0.2) is 19.1 Å². The number of aliphatic imine (C=N–C) groups is 1. The van der Waals surface area contributed by atoms with Crippen molar-refractivity contribution in [3.63, 3.8) is 0 Å². The van der Waals surface area contributed by atoms with Crippen LogP contribution < -0.4 is 21.3 Å². The highest BCUT2D eigenvalue weighted by atomic mass is 32.2. The number of rotatable bonds is 10. The van der Waals surface area contributed by atoms with Crippen molar-refractivity contribution >= 4 is 33.9 Å². The fourth-order valence-corrected chi connectivity index (χ4v) is 6.17. The maximum atomic E-state index is 13.5. The molecule has 0 spiro atoms. The molecule has 1 amide bonds. The van der Waals surface area contributed by atoms with Crippen LogP contribution in [0.25, 0.3) is 0 Å². The van der Waals surface area contributed by atoms with Crippen LogP contribution in [0.3, 0.4) is 0 Å². The minimum Gasteiger partial charge on any atom is -0.480 e. The number of fused-ring (bicyclic) bond motifs is 1. The van der Waals surface area contributed by atoms with Gasteiger partial charge in [0.2, 0.25) is 15.9 Å². The summed E-state index contributed by atoms with van der Waals surface area (Å²) in [6.45, 7) is 5.29. The van der Waals surface area contributed by atoms with Crippen LogP contribution in [-0.4, -0.2) is 68.4 Å². The van der Waals surface area contributed by atoms with Gasteiger partial charge >= 0.3 is 5.97 Å². The third-order valence-electron chi connectivity index (χ3n) is 6.57. The van der Waals surface area contributed by atoms with Gasteiger partial charge in [-0.15, -0.1) is 0 Å². The number of hydrogen-bond acceptors (Lipinski definition) is 7. The second-order valence-corrected chi connectivity index (χ2v) is 11.2. The van der Waals surface area contributed by atoms with E-state index in [1.54, 1.807) is 6.07 Å². The number of nitrogens with zero attached hydrogens (tertiary/aromatic N) is 2. The van der Waals surface area contributed by atoms with Gasteiger partial charge in [0, 0.05) is 19.6 Å². The summed E-state index contributed by atoms with van der Waals surface area (Å²) in [4.78, 5) is 30.8. The molecule has 0 bridgehead atoms. The van der Waals surface area contributed by atoms with Crippen LogP contribution in [0, 0.1) is 11.8 Å². The Morgan fingerprint density at radius 3 is 2.83 bits per heavy atom. The Kier molecular flexibility index (Phi) is 9.09. The van der Waals surface area contributed by atoms with Crippen LogP contribution in [0.2, 0.25) is 0 Å². The Morgan fingerprint density at radius 2 is 2.11 bits per heavy atom. The summed E-state index contributed by atoms with van der Waals surface area (Å²) in [7, 11) is -4.08. The summed E-state index contributed by atoms with van der Waals surface area (Å²) in [6.07, 6.45) is 3.64. The first kappa shape index (κ1) is 26.9. The quantitative estimate of drug-likeness (QED) is 0.102. The molecule has 194 valence electrons. The number of hydrazine groups is 1. The summed E-state index contributed by atoms with van der Waals surface area (Å²) in [5.74, 6) is 4.10. The minimum absolute atomic E-state index is 0.0899. The van der Waals surface area contributed by atoms with Crippen LogP contribution in [-0.2, 0) is 26.0 Å². The molecule has 2 heterocycles. The van der Waals surface area contributed by atoms with Gasteiger partial charge in [0.25, 0.3) is 0 Å². The number of carbonyl (C=O) groups excluding carboxylic acids is 1. The van der Waals surface area contributed by atoms with E-state index in [0.29, 0.717) is 44.0 Å². The molecule has 0 unspecified atom stereocenters. The van der Waals surface area contributed by atoms with Gasteiger partial charge in [-0.3, -0.25) is 9.79 Å². The first-order valence-electron chi connectivity index (χ1n) is 12.0. The highest BCUT2D eigenvalue weighted by Crippen LogP contribution is 2.31. The Labute approximate surface area is 206 Å². The number of likely N-dealkylation sites (tertiary alicyclic amines) is 1. The molecule has 1 fully saturated rings. The molecule has 0 radical (unpaired) electrons. The Morgan fingerprint density at radius 1 is 1.34 bits per heavy atom. The van der Waals surface area contributed by atoms with Crippen LogP contribution >= 0.6 is 0 Å². The summed E-state index contributed by atoms with van der Waals surface area (Å²) in [5.41, 5.74) is 3.76. The van der Waals surface area contributed by atoms with Crippen LogP contribution in [0.1, 0.15) is 45.1 Å².